The average Bonchev–Trinajstić information content (AvgIpc) is 3.62. The maximum Gasteiger partial charge on any atom is 0.202 e. The number of aromatic nitrogens is 1. The fourth-order valence-corrected chi connectivity index (χ4v) is 5.15. The molecule has 1 aliphatic rings. The molecule has 7 heteroatoms. The fraction of sp³-hybridized carbons (Fsp3) is 0.296. The molecule has 1 atom stereocenters. The fourth-order valence-electron chi connectivity index (χ4n) is 4.32. The van der Waals surface area contributed by atoms with E-state index in [1.54, 1.807) is 0 Å². The smallest absolute Gasteiger partial charge is 0.202 e. The van der Waals surface area contributed by atoms with Crippen molar-refractivity contribution in [2.24, 2.45) is 0 Å². The van der Waals surface area contributed by atoms with E-state index >= 15 is 0 Å². The van der Waals surface area contributed by atoms with Crippen LogP contribution in [0.5, 0.6) is 5.75 Å². The molecule has 0 aliphatic heterocycles. The number of hydrogen-bond donors (Lipinski definition) is 2. The van der Waals surface area contributed by atoms with Crippen LogP contribution in [-0.2, 0) is 6.54 Å². The molecule has 0 radical (unpaired) electrons. The number of aryl methyl sites for hydroxylation is 1. The molecule has 176 valence electrons. The number of fused-ring (bicyclic) bond motifs is 2. The van der Waals surface area contributed by atoms with E-state index in [-0.39, 0.29) is 19.0 Å². The van der Waals surface area contributed by atoms with Crippen molar-refractivity contribution in [1.29, 1.82) is 0 Å². The number of ether oxygens (including phenoxy) is 1. The van der Waals surface area contributed by atoms with E-state index in [4.69, 9.17) is 16.3 Å². The summed E-state index contributed by atoms with van der Waals surface area (Å²) >= 11 is 8.31. The molecule has 5 nitrogen and oxygen atoms in total. The normalized spacial score (nSPS) is 14.6. The number of aliphatic hydroxyl groups is 2. The summed E-state index contributed by atoms with van der Waals surface area (Å²) in [6, 6.07) is 15.9. The van der Waals surface area contributed by atoms with Gasteiger partial charge in [-0.2, -0.15) is 0 Å². The van der Waals surface area contributed by atoms with Gasteiger partial charge in [0.1, 0.15) is 5.75 Å². The Kier molecular flexibility index (Phi) is 6.84. The van der Waals surface area contributed by atoms with Gasteiger partial charge in [-0.1, -0.05) is 29.8 Å². The molecule has 0 spiro atoms. The number of ketones is 1. The molecule has 1 heterocycles. The lowest BCUT2D eigenvalue weighted by Crippen LogP contribution is -2.15. The average molecular weight is 590 g/mol. The maximum atomic E-state index is 13.2. The van der Waals surface area contributed by atoms with Gasteiger partial charge < -0.3 is 19.5 Å². The van der Waals surface area contributed by atoms with Crippen molar-refractivity contribution in [2.45, 2.75) is 37.8 Å². The summed E-state index contributed by atoms with van der Waals surface area (Å²) in [6.07, 6.45) is 3.88. The molecule has 1 aromatic heterocycles. The van der Waals surface area contributed by atoms with Crippen molar-refractivity contribution in [3.05, 3.63) is 74.4 Å². The summed E-state index contributed by atoms with van der Waals surface area (Å²) in [6.45, 7) is 0.173. The summed E-state index contributed by atoms with van der Waals surface area (Å²) in [5.41, 5.74) is 2.88. The number of carbonyl (C=O) groups excluding carboxylic acids is 1. The van der Waals surface area contributed by atoms with E-state index in [0.717, 1.165) is 25.2 Å². The van der Waals surface area contributed by atoms with Crippen molar-refractivity contribution in [3.8, 4) is 5.75 Å². The summed E-state index contributed by atoms with van der Waals surface area (Å²) < 4.78 is 8.89. The first-order chi connectivity index (χ1) is 16.4. The van der Waals surface area contributed by atoms with Crippen molar-refractivity contribution < 1.29 is 19.7 Å². The highest BCUT2D eigenvalue weighted by molar-refractivity contribution is 14.1. The zero-order chi connectivity index (χ0) is 23.8. The molecular formula is C27H25ClINO4. The molecule has 1 fully saturated rings. The molecule has 1 aliphatic carbocycles. The SMILES string of the molecule is O=C(COc1cc2ccc(Cl)cc2cc1I)c1cn(CC[C@@H](O)CO)c2cc(C3CC3)ccc12. The third kappa shape index (κ3) is 4.96. The van der Waals surface area contributed by atoms with E-state index in [0.29, 0.717) is 35.2 Å². The van der Waals surface area contributed by atoms with Gasteiger partial charge in [-0.3, -0.25) is 4.79 Å². The minimum atomic E-state index is -0.781. The minimum Gasteiger partial charge on any atom is -0.484 e. The highest BCUT2D eigenvalue weighted by Crippen LogP contribution is 2.41. The highest BCUT2D eigenvalue weighted by Gasteiger charge is 2.25. The zero-order valence-corrected chi connectivity index (χ0v) is 21.4. The van der Waals surface area contributed by atoms with Crippen LogP contribution in [0.15, 0.2) is 54.7 Å². The van der Waals surface area contributed by atoms with Crippen LogP contribution in [0.25, 0.3) is 21.7 Å². The Bertz CT molecular complexity index is 1380. The Morgan fingerprint density at radius 2 is 1.97 bits per heavy atom. The van der Waals surface area contributed by atoms with Gasteiger partial charge >= 0.3 is 0 Å². The van der Waals surface area contributed by atoms with Gasteiger partial charge in [-0.25, -0.2) is 0 Å². The Balaban J connectivity index is 1.40. The quantitative estimate of drug-likeness (QED) is 0.187. The van der Waals surface area contributed by atoms with E-state index in [2.05, 4.69) is 34.7 Å². The van der Waals surface area contributed by atoms with Crippen LogP contribution in [0.2, 0.25) is 5.02 Å². The van der Waals surface area contributed by atoms with E-state index < -0.39 is 6.10 Å². The third-order valence-electron chi connectivity index (χ3n) is 6.38. The molecule has 0 amide bonds. The Labute approximate surface area is 216 Å². The molecule has 4 aromatic rings. The van der Waals surface area contributed by atoms with E-state index in [9.17, 15) is 15.0 Å². The second-order valence-electron chi connectivity index (χ2n) is 8.90. The predicted molar refractivity (Wildman–Crippen MR) is 143 cm³/mol. The lowest BCUT2D eigenvalue weighted by atomic mass is 10.1. The lowest BCUT2D eigenvalue weighted by molar-refractivity contribution is 0.0849. The van der Waals surface area contributed by atoms with Gasteiger partial charge in [-0.15, -0.1) is 0 Å². The van der Waals surface area contributed by atoms with Gasteiger partial charge in [0.2, 0.25) is 5.78 Å². The third-order valence-corrected chi connectivity index (χ3v) is 7.46. The van der Waals surface area contributed by atoms with Crippen molar-refractivity contribution in [2.75, 3.05) is 13.2 Å². The first kappa shape index (κ1) is 23.6. The largest absolute Gasteiger partial charge is 0.484 e. The topological polar surface area (TPSA) is 71.7 Å². The number of rotatable bonds is 9. The number of halogens is 2. The molecule has 0 unspecified atom stereocenters. The monoisotopic (exact) mass is 589 g/mol. The predicted octanol–water partition coefficient (Wildman–Crippen LogP) is 5.93. The molecule has 2 N–H and O–H groups in total. The van der Waals surface area contributed by atoms with E-state index in [1.807, 2.05) is 47.2 Å². The number of Topliss-reactive ketones (excluding diaryl/α,β-unsaturated/α-hetero) is 1. The summed E-state index contributed by atoms with van der Waals surface area (Å²) in [5.74, 6) is 1.16. The van der Waals surface area contributed by atoms with Gasteiger partial charge in [0.05, 0.1) is 16.3 Å². The second kappa shape index (κ2) is 9.85. The Morgan fingerprint density at radius 3 is 2.74 bits per heavy atom. The van der Waals surface area contributed by atoms with Crippen LogP contribution < -0.4 is 4.74 Å². The van der Waals surface area contributed by atoms with Crippen LogP contribution in [0.4, 0.5) is 0 Å². The zero-order valence-electron chi connectivity index (χ0n) is 18.5. The molecule has 5 rings (SSSR count). The maximum absolute atomic E-state index is 13.2. The Hall–Kier alpha value is -2.13. The van der Waals surface area contributed by atoms with Crippen LogP contribution in [-0.4, -0.2) is 39.9 Å². The number of benzene rings is 3. The number of carbonyl (C=O) groups is 1. The summed E-state index contributed by atoms with van der Waals surface area (Å²) in [4.78, 5) is 13.2. The lowest BCUT2D eigenvalue weighted by Gasteiger charge is -2.09. The van der Waals surface area contributed by atoms with Crippen LogP contribution in [0.3, 0.4) is 0 Å². The van der Waals surface area contributed by atoms with Crippen molar-refractivity contribution in [3.63, 3.8) is 0 Å². The number of hydrogen-bond acceptors (Lipinski definition) is 4. The Morgan fingerprint density at radius 1 is 1.15 bits per heavy atom. The highest BCUT2D eigenvalue weighted by atomic mass is 127. The molecule has 0 saturated heterocycles. The molecule has 3 aromatic carbocycles. The van der Waals surface area contributed by atoms with Crippen molar-refractivity contribution in [1.82, 2.24) is 4.57 Å². The minimum absolute atomic E-state index is 0.0716. The molecule has 34 heavy (non-hydrogen) atoms. The van der Waals surface area contributed by atoms with Gasteiger partial charge in [0.15, 0.2) is 6.61 Å². The van der Waals surface area contributed by atoms with E-state index in [1.165, 1.54) is 18.4 Å². The first-order valence-corrected chi connectivity index (χ1v) is 12.8. The number of nitrogens with zero attached hydrogens (tertiary/aromatic N) is 1. The molecule has 1 saturated carbocycles. The van der Waals surface area contributed by atoms with Crippen LogP contribution >= 0.6 is 34.2 Å². The van der Waals surface area contributed by atoms with Gasteiger partial charge in [-0.05, 0) is 94.4 Å². The van der Waals surface area contributed by atoms with Crippen LogP contribution in [0, 0.1) is 3.57 Å². The first-order valence-electron chi connectivity index (χ1n) is 11.4. The summed E-state index contributed by atoms with van der Waals surface area (Å²) in [7, 11) is 0. The van der Waals surface area contributed by atoms with Gasteiger partial charge in [0, 0.05) is 34.2 Å². The standard InChI is InChI=1S/C27H25ClINO4/c28-20-5-3-18-12-27(24(29)10-19(18)9-20)34-15-26(33)23-13-30(8-7-21(32)14-31)25-11-17(16-1-2-16)4-6-22(23)25/h3-6,9-13,16,21,31-32H,1-2,7-8,14-15H2/t21-/m1/s1. The van der Waals surface area contributed by atoms with Gasteiger partial charge in [0.25, 0.3) is 0 Å². The van der Waals surface area contributed by atoms with Crippen LogP contribution in [0.1, 0.15) is 41.1 Å². The summed E-state index contributed by atoms with van der Waals surface area (Å²) in [5, 5.41) is 22.6. The number of aliphatic hydroxyl groups excluding tert-OH is 2. The second-order valence-corrected chi connectivity index (χ2v) is 10.5. The molecule has 0 bridgehead atoms. The molecular weight excluding hydrogens is 565 g/mol. The van der Waals surface area contributed by atoms with Crippen molar-refractivity contribution >= 4 is 61.7 Å².